The number of imidazole rings is 1. The molecule has 138 valence electrons. The summed E-state index contributed by atoms with van der Waals surface area (Å²) < 4.78 is 14.2. The second-order valence-corrected chi connectivity index (χ2v) is 8.36. The van der Waals surface area contributed by atoms with Crippen LogP contribution < -0.4 is 0 Å². The van der Waals surface area contributed by atoms with Crippen LogP contribution in [-0.4, -0.2) is 38.6 Å². The molecule has 0 amide bonds. The van der Waals surface area contributed by atoms with Crippen molar-refractivity contribution in [2.75, 3.05) is 0 Å². The Morgan fingerprint density at radius 2 is 2.12 bits per heavy atom. The standard InChI is InChI=1S/C18H26N2O5/c1-11-3-4-14-12(9-20-8-7-19-10-20)15(21)22-16-18(14)13(11)5-6-17(2,23-16)24-25-18/h7-8,10-16,21H,3-6,9H2,1-2H3/t11-,12?,13+,14+,15?,16-,17-,18-/m1/s1. The molecule has 7 heteroatoms. The van der Waals surface area contributed by atoms with E-state index in [1.54, 1.807) is 12.5 Å². The summed E-state index contributed by atoms with van der Waals surface area (Å²) in [7, 11) is 0. The lowest BCUT2D eigenvalue weighted by Gasteiger charge is -2.60. The third kappa shape index (κ3) is 2.26. The Kier molecular flexibility index (Phi) is 3.57. The number of hydrogen-bond donors (Lipinski definition) is 1. The molecule has 1 saturated carbocycles. The Morgan fingerprint density at radius 1 is 1.24 bits per heavy atom. The van der Waals surface area contributed by atoms with E-state index < -0.39 is 24.0 Å². The number of nitrogens with zero attached hydrogens (tertiary/aromatic N) is 2. The zero-order valence-corrected chi connectivity index (χ0v) is 14.7. The molecule has 1 N–H and O–H groups in total. The maximum atomic E-state index is 10.8. The van der Waals surface area contributed by atoms with Crippen molar-refractivity contribution in [3.63, 3.8) is 0 Å². The number of rotatable bonds is 2. The van der Waals surface area contributed by atoms with Gasteiger partial charge in [0.2, 0.25) is 5.79 Å². The summed E-state index contributed by atoms with van der Waals surface area (Å²) in [5.41, 5.74) is -0.641. The number of aromatic nitrogens is 2. The zero-order valence-electron chi connectivity index (χ0n) is 14.7. The van der Waals surface area contributed by atoms with Gasteiger partial charge in [0.1, 0.15) is 0 Å². The normalized spacial score (nSPS) is 51.8. The number of fused-ring (bicyclic) bond motifs is 2. The molecule has 5 aliphatic rings. The molecule has 1 aromatic rings. The molecule has 25 heavy (non-hydrogen) atoms. The quantitative estimate of drug-likeness (QED) is 0.823. The highest BCUT2D eigenvalue weighted by molar-refractivity contribution is 5.09. The van der Waals surface area contributed by atoms with Gasteiger partial charge in [-0.2, -0.15) is 0 Å². The van der Waals surface area contributed by atoms with Gasteiger partial charge < -0.3 is 19.1 Å². The average molecular weight is 350 g/mol. The van der Waals surface area contributed by atoms with Crippen molar-refractivity contribution in [2.45, 2.75) is 70.0 Å². The lowest BCUT2D eigenvalue weighted by Crippen LogP contribution is -2.71. The van der Waals surface area contributed by atoms with Crippen LogP contribution in [0.25, 0.3) is 0 Å². The number of ether oxygens (including phenoxy) is 2. The van der Waals surface area contributed by atoms with E-state index >= 15 is 0 Å². The second kappa shape index (κ2) is 5.50. The van der Waals surface area contributed by atoms with Crippen molar-refractivity contribution in [1.29, 1.82) is 0 Å². The van der Waals surface area contributed by atoms with Crippen molar-refractivity contribution in [2.24, 2.45) is 23.7 Å². The van der Waals surface area contributed by atoms with Gasteiger partial charge in [-0.3, -0.25) is 0 Å². The highest BCUT2D eigenvalue weighted by Crippen LogP contribution is 2.60. The molecule has 1 aliphatic carbocycles. The van der Waals surface area contributed by atoms with E-state index in [0.717, 1.165) is 25.7 Å². The third-order valence-electron chi connectivity index (χ3n) is 6.90. The first-order valence-corrected chi connectivity index (χ1v) is 9.36. The van der Waals surface area contributed by atoms with Crippen molar-refractivity contribution in [3.05, 3.63) is 18.7 Å². The van der Waals surface area contributed by atoms with Crippen LogP contribution in [0, 0.1) is 23.7 Å². The summed E-state index contributed by atoms with van der Waals surface area (Å²) in [5, 5.41) is 10.8. The molecular weight excluding hydrogens is 324 g/mol. The predicted octanol–water partition coefficient (Wildman–Crippen LogP) is 2.06. The summed E-state index contributed by atoms with van der Waals surface area (Å²) in [5.74, 6) is 0.0501. The van der Waals surface area contributed by atoms with Crippen molar-refractivity contribution in [3.8, 4) is 0 Å². The van der Waals surface area contributed by atoms with Crippen LogP contribution >= 0.6 is 0 Å². The summed E-state index contributed by atoms with van der Waals surface area (Å²) in [4.78, 5) is 16.0. The third-order valence-corrected chi connectivity index (χ3v) is 6.90. The lowest BCUT2D eigenvalue weighted by molar-refractivity contribution is -0.577. The Bertz CT molecular complexity index is 639. The van der Waals surface area contributed by atoms with Gasteiger partial charge in [-0.1, -0.05) is 6.92 Å². The summed E-state index contributed by atoms with van der Waals surface area (Å²) in [6.45, 7) is 4.82. The molecule has 5 heterocycles. The van der Waals surface area contributed by atoms with Crippen molar-refractivity contribution in [1.82, 2.24) is 9.55 Å². The minimum Gasteiger partial charge on any atom is -0.368 e. The first-order valence-electron chi connectivity index (χ1n) is 9.36. The maximum absolute atomic E-state index is 10.8. The van der Waals surface area contributed by atoms with E-state index in [1.807, 2.05) is 17.7 Å². The number of aliphatic hydroxyl groups is 1. The molecular formula is C18H26N2O5. The van der Waals surface area contributed by atoms with Crippen LogP contribution in [0.1, 0.15) is 39.5 Å². The minimum atomic E-state index is -0.886. The average Bonchev–Trinajstić information content (AvgIpc) is 2.99. The molecule has 2 unspecified atom stereocenters. The Balaban J connectivity index is 1.55. The number of aliphatic hydroxyl groups excluding tert-OH is 1. The second-order valence-electron chi connectivity index (χ2n) is 8.36. The van der Waals surface area contributed by atoms with E-state index in [1.165, 1.54) is 0 Å². The van der Waals surface area contributed by atoms with E-state index in [4.69, 9.17) is 19.2 Å². The smallest absolute Gasteiger partial charge is 0.201 e. The van der Waals surface area contributed by atoms with Crippen molar-refractivity contribution >= 4 is 0 Å². The van der Waals surface area contributed by atoms with Gasteiger partial charge in [-0.15, -0.1) is 0 Å². The first kappa shape index (κ1) is 16.2. The Morgan fingerprint density at radius 3 is 2.92 bits per heavy atom. The van der Waals surface area contributed by atoms with Crippen LogP contribution in [0.3, 0.4) is 0 Å². The Labute approximate surface area is 147 Å². The molecule has 2 bridgehead atoms. The molecule has 6 rings (SSSR count). The highest BCUT2D eigenvalue weighted by atomic mass is 17.3. The van der Waals surface area contributed by atoms with E-state index in [9.17, 15) is 5.11 Å². The van der Waals surface area contributed by atoms with Gasteiger partial charge in [0.25, 0.3) is 0 Å². The van der Waals surface area contributed by atoms with Crippen molar-refractivity contribution < 1.29 is 24.4 Å². The van der Waals surface area contributed by atoms with Crippen LogP contribution in [0.2, 0.25) is 0 Å². The lowest BCUT2D eigenvalue weighted by atomic mass is 9.58. The largest absolute Gasteiger partial charge is 0.368 e. The van der Waals surface area contributed by atoms with Gasteiger partial charge in [0.15, 0.2) is 18.2 Å². The molecule has 8 atom stereocenters. The topological polar surface area (TPSA) is 75.0 Å². The fraction of sp³-hybridized carbons (Fsp3) is 0.833. The molecule has 4 aliphatic heterocycles. The molecule has 0 aromatic carbocycles. The van der Waals surface area contributed by atoms with Gasteiger partial charge in [-0.25, -0.2) is 14.8 Å². The molecule has 4 saturated heterocycles. The van der Waals surface area contributed by atoms with Crippen LogP contribution in [-0.2, 0) is 25.8 Å². The van der Waals surface area contributed by atoms with Crippen LogP contribution in [0.15, 0.2) is 18.7 Å². The highest BCUT2D eigenvalue weighted by Gasteiger charge is 2.69. The Hall–Kier alpha value is -0.990. The van der Waals surface area contributed by atoms with Crippen LogP contribution in [0.5, 0.6) is 0 Å². The number of hydrogen-bond acceptors (Lipinski definition) is 6. The van der Waals surface area contributed by atoms with Gasteiger partial charge in [-0.05, 0) is 38.0 Å². The zero-order chi connectivity index (χ0) is 17.2. The summed E-state index contributed by atoms with van der Waals surface area (Å²) in [6, 6.07) is 0. The molecule has 7 nitrogen and oxygen atoms in total. The van der Waals surface area contributed by atoms with Gasteiger partial charge in [0, 0.05) is 37.2 Å². The monoisotopic (exact) mass is 350 g/mol. The summed E-state index contributed by atoms with van der Waals surface area (Å²) >= 11 is 0. The molecule has 1 spiro atoms. The fourth-order valence-electron chi connectivity index (χ4n) is 5.59. The molecule has 5 fully saturated rings. The van der Waals surface area contributed by atoms with Gasteiger partial charge in [0.05, 0.1) is 6.33 Å². The first-order chi connectivity index (χ1) is 12.0. The SMILES string of the molecule is C[C@@H]1CC[C@H]2C(Cn3ccnc3)C(O)O[C@@H]3O[C@@]4(C)CC[C@@H]1[C@]32OO4. The molecule has 0 radical (unpaired) electrons. The summed E-state index contributed by atoms with van der Waals surface area (Å²) in [6.07, 6.45) is 7.83. The van der Waals surface area contributed by atoms with E-state index in [0.29, 0.717) is 18.4 Å². The van der Waals surface area contributed by atoms with E-state index in [-0.39, 0.29) is 11.8 Å². The molecule has 1 aromatic heterocycles. The predicted molar refractivity (Wildman–Crippen MR) is 85.6 cm³/mol. The minimum absolute atomic E-state index is 0.0879. The fourth-order valence-corrected chi connectivity index (χ4v) is 5.59. The maximum Gasteiger partial charge on any atom is 0.201 e. The van der Waals surface area contributed by atoms with E-state index in [2.05, 4.69) is 11.9 Å². The van der Waals surface area contributed by atoms with Crippen LogP contribution in [0.4, 0.5) is 0 Å². The van der Waals surface area contributed by atoms with Gasteiger partial charge >= 0.3 is 0 Å².